The van der Waals surface area contributed by atoms with Gasteiger partial charge in [-0.05, 0) is 62.4 Å². The van der Waals surface area contributed by atoms with Gasteiger partial charge in [0.25, 0.3) is 0 Å². The van der Waals surface area contributed by atoms with Crippen LogP contribution in [-0.4, -0.2) is 65.7 Å². The number of aryl methyl sites for hydroxylation is 2. The third-order valence-electron chi connectivity index (χ3n) is 14.2. The zero-order chi connectivity index (χ0) is 76.9. The third kappa shape index (κ3) is 30.4. The fraction of sp³-hybridized carbons (Fsp3) is 0.250. The zero-order valence-electron chi connectivity index (χ0n) is 60.0. The molecule has 12 rings (SSSR count). The summed E-state index contributed by atoms with van der Waals surface area (Å²) in [5.41, 5.74) is 13.4. The van der Waals surface area contributed by atoms with Crippen LogP contribution in [0.1, 0.15) is 125 Å². The summed E-state index contributed by atoms with van der Waals surface area (Å²) in [4.78, 5) is 92.8. The predicted molar refractivity (Wildman–Crippen MR) is 428 cm³/mol. The minimum absolute atomic E-state index is 0.185. The summed E-state index contributed by atoms with van der Waals surface area (Å²) in [5.74, 6) is -1.51. The van der Waals surface area contributed by atoms with E-state index < -0.39 is 0 Å². The first-order valence-corrected chi connectivity index (χ1v) is 40.3. The molecule has 0 amide bonds. The predicted octanol–water partition coefficient (Wildman–Crippen LogP) is 21.8. The normalized spacial score (nSPS) is 10.3. The second kappa shape index (κ2) is 46.0. The second-order valence-electron chi connectivity index (χ2n) is 22.6. The van der Waals surface area contributed by atoms with Crippen LogP contribution in [0.25, 0.3) is 63.4 Å². The monoisotopic (exact) mass is 1640 g/mol. The van der Waals surface area contributed by atoms with E-state index in [4.69, 9.17) is 40.0 Å². The number of hydrogen-bond donors (Lipinski definition) is 0. The Bertz CT molecular complexity index is 4120. The average Bonchev–Trinajstić information content (AvgIpc) is 1.78. The van der Waals surface area contributed by atoms with Crippen LogP contribution in [0.4, 0.5) is 4.39 Å². The molecule has 0 N–H and O–H groups in total. The summed E-state index contributed by atoms with van der Waals surface area (Å²) in [6.07, 6.45) is 2.33. The average molecular weight is 1640 g/mol. The zero-order valence-corrected chi connectivity index (χ0v) is 67.3. The van der Waals surface area contributed by atoms with Crippen LogP contribution in [0, 0.1) is 19.7 Å². The van der Waals surface area contributed by atoms with Crippen molar-refractivity contribution in [3.63, 3.8) is 0 Å². The lowest BCUT2D eigenvalue weighted by Crippen LogP contribution is -2.02. The van der Waals surface area contributed by atoms with E-state index in [1.165, 1.54) is 45.9 Å². The van der Waals surface area contributed by atoms with E-state index in [2.05, 4.69) is 108 Å². The van der Waals surface area contributed by atoms with Gasteiger partial charge in [-0.3, -0.25) is 28.8 Å². The number of carbonyl (C=O) groups excluding carboxylic acids is 6. The molecule has 0 bridgehead atoms. The smallest absolute Gasteiger partial charge is 0.305 e. The number of ether oxygens (including phenoxy) is 6. The molecule has 0 saturated heterocycles. The van der Waals surface area contributed by atoms with E-state index in [0.717, 1.165) is 96.4 Å². The van der Waals surface area contributed by atoms with Crippen molar-refractivity contribution >= 4 is 131 Å². The van der Waals surface area contributed by atoms with E-state index >= 15 is 0 Å². The Labute approximate surface area is 659 Å². The third-order valence-corrected chi connectivity index (χ3v) is 20.6. The summed E-state index contributed by atoms with van der Waals surface area (Å²) < 4.78 is 44.0. The van der Waals surface area contributed by atoms with E-state index in [9.17, 15) is 33.2 Å². The first-order chi connectivity index (χ1) is 51.7. The Morgan fingerprint density at radius 3 is 0.757 bits per heavy atom. The first kappa shape index (κ1) is 84.9. The van der Waals surface area contributed by atoms with Gasteiger partial charge in [0, 0.05) is 114 Å². The van der Waals surface area contributed by atoms with Crippen molar-refractivity contribution < 1.29 is 61.6 Å². The van der Waals surface area contributed by atoms with Gasteiger partial charge in [0.15, 0.2) is 0 Å². The molecule has 0 radical (unpaired) electrons. The Kier molecular flexibility index (Phi) is 36.5. The Hall–Kier alpha value is -9.38. The maximum absolute atomic E-state index is 12.8. The van der Waals surface area contributed by atoms with Crippen molar-refractivity contribution in [2.75, 3.05) is 0 Å². The van der Waals surface area contributed by atoms with Gasteiger partial charge in [0.05, 0.1) is 34.2 Å². The largest absolute Gasteiger partial charge is 0.459 e. The van der Waals surface area contributed by atoms with Crippen LogP contribution in [0.2, 0.25) is 5.02 Å². The fourth-order valence-corrected chi connectivity index (χ4v) is 13.6. The first-order valence-electron chi connectivity index (χ1n) is 33.8. The van der Waals surface area contributed by atoms with Gasteiger partial charge >= 0.3 is 35.8 Å². The standard InChI is InChI=1S/2C14H15NO2S.C13H12BrNO2S.C13H12ClNO2S.C13H12FNO2S.C13H13NO2S/c2*1-3-13(16)17-8-12-9-18-14(15-12)11-6-4-10(2)5-7-11;3*1-2-12(16)17-7-11-8-18-13(15-11)9-3-5-10(14)6-4-9;1-2-12(15)16-8-11-9-17-13(14-11)10-6-4-3-5-7-10/h2*4-7,9H,3,8H2,1-2H3;3*3-6,8H,2,7H2,1H3;3-7,9H,2,8H2,1H3. The molecular formula is C80H79BrClFN6O12S6. The Morgan fingerprint density at radius 1 is 0.318 bits per heavy atom. The van der Waals surface area contributed by atoms with Crippen molar-refractivity contribution in [1.82, 2.24) is 29.9 Å². The van der Waals surface area contributed by atoms with Crippen molar-refractivity contribution in [1.29, 1.82) is 0 Å². The van der Waals surface area contributed by atoms with Gasteiger partial charge in [0.1, 0.15) is 75.5 Å². The molecule has 0 aliphatic rings. The highest BCUT2D eigenvalue weighted by Crippen LogP contribution is 2.31. The van der Waals surface area contributed by atoms with Crippen LogP contribution < -0.4 is 0 Å². The number of benzene rings is 6. The molecule has 6 aromatic heterocycles. The molecule has 0 saturated carbocycles. The SMILES string of the molecule is CCC(=O)OCc1csc(-c2ccc(Br)cc2)n1.CCC(=O)OCc1csc(-c2ccc(C)cc2)n1.CCC(=O)OCc1csc(-c2ccc(C)cc2)n1.CCC(=O)OCc1csc(-c2ccc(Cl)cc2)n1.CCC(=O)OCc1csc(-c2ccc(F)cc2)n1.CCC(=O)OCc1csc(-c2ccccc2)n1. The van der Waals surface area contributed by atoms with E-state index in [1.807, 2.05) is 111 Å². The highest BCUT2D eigenvalue weighted by Gasteiger charge is 2.14. The number of halogens is 3. The maximum atomic E-state index is 12.8. The molecule has 0 atom stereocenters. The minimum atomic E-state index is -0.271. The van der Waals surface area contributed by atoms with Crippen molar-refractivity contribution in [3.05, 3.63) is 245 Å². The summed E-state index contributed by atoms with van der Waals surface area (Å²) >= 11 is 18.4. The lowest BCUT2D eigenvalue weighted by atomic mass is 10.2. The number of hydrogen-bond acceptors (Lipinski definition) is 24. The summed E-state index contributed by atoms with van der Waals surface area (Å²) in [6.45, 7) is 16.2. The topological polar surface area (TPSA) is 235 Å². The number of rotatable bonds is 24. The molecular weight excluding hydrogens is 1560 g/mol. The molecule has 0 aliphatic heterocycles. The molecule has 18 nitrogen and oxygen atoms in total. The lowest BCUT2D eigenvalue weighted by Gasteiger charge is -1.99. The number of thiazole rings is 6. The van der Waals surface area contributed by atoms with Gasteiger partial charge in [-0.15, -0.1) is 68.0 Å². The van der Waals surface area contributed by atoms with Gasteiger partial charge in [-0.1, -0.05) is 183 Å². The maximum Gasteiger partial charge on any atom is 0.305 e. The molecule has 0 spiro atoms. The van der Waals surface area contributed by atoms with E-state index in [-0.39, 0.29) is 81.3 Å². The quantitative estimate of drug-likeness (QED) is 0.0404. The minimum Gasteiger partial charge on any atom is -0.459 e. The number of aromatic nitrogens is 6. The van der Waals surface area contributed by atoms with Gasteiger partial charge in [-0.25, -0.2) is 34.3 Å². The van der Waals surface area contributed by atoms with Crippen molar-refractivity contribution in [2.24, 2.45) is 0 Å². The lowest BCUT2D eigenvalue weighted by molar-refractivity contribution is -0.145. The molecule has 6 heterocycles. The van der Waals surface area contributed by atoms with Gasteiger partial charge in [-0.2, -0.15) is 0 Å². The Balaban J connectivity index is 0.000000179. The molecule has 6 aromatic carbocycles. The van der Waals surface area contributed by atoms with Crippen molar-refractivity contribution in [2.45, 2.75) is 134 Å². The number of nitrogens with zero attached hydrogens (tertiary/aromatic N) is 6. The molecule has 0 fully saturated rings. The molecule has 27 heteroatoms. The van der Waals surface area contributed by atoms with Gasteiger partial charge in [0.2, 0.25) is 0 Å². The molecule has 12 aromatic rings. The van der Waals surface area contributed by atoms with Crippen LogP contribution in [0.15, 0.2) is 188 Å². The summed E-state index contributed by atoms with van der Waals surface area (Å²) in [5, 5.41) is 17.6. The van der Waals surface area contributed by atoms with Crippen LogP contribution in [0.3, 0.4) is 0 Å². The van der Waals surface area contributed by atoms with E-state index in [0.29, 0.717) is 49.2 Å². The van der Waals surface area contributed by atoms with E-state index in [1.54, 1.807) is 99.0 Å². The summed E-state index contributed by atoms with van der Waals surface area (Å²) in [6, 6.07) is 48.0. The number of carbonyl (C=O) groups is 6. The Morgan fingerprint density at radius 2 is 0.523 bits per heavy atom. The highest BCUT2D eigenvalue weighted by atomic mass is 79.9. The van der Waals surface area contributed by atoms with Crippen LogP contribution >= 0.6 is 95.6 Å². The molecule has 0 aliphatic carbocycles. The molecule has 107 heavy (non-hydrogen) atoms. The van der Waals surface area contributed by atoms with Gasteiger partial charge < -0.3 is 28.4 Å². The fourth-order valence-electron chi connectivity index (χ4n) is 8.32. The summed E-state index contributed by atoms with van der Waals surface area (Å²) in [7, 11) is 0. The number of esters is 6. The van der Waals surface area contributed by atoms with Crippen molar-refractivity contribution in [3.8, 4) is 63.4 Å². The highest BCUT2D eigenvalue weighted by molar-refractivity contribution is 9.10. The molecule has 0 unspecified atom stereocenters. The second-order valence-corrected chi connectivity index (χ2v) is 29.1. The van der Waals surface area contributed by atoms with Crippen LogP contribution in [0.5, 0.6) is 0 Å². The van der Waals surface area contributed by atoms with Crippen LogP contribution in [-0.2, 0) is 96.8 Å². The molecule has 558 valence electrons.